The van der Waals surface area contributed by atoms with E-state index in [0.717, 1.165) is 25.9 Å². The number of hydrogen-bond acceptors (Lipinski definition) is 2. The van der Waals surface area contributed by atoms with E-state index in [2.05, 4.69) is 44.8 Å². The molecule has 18 heavy (non-hydrogen) atoms. The number of hydrogen-bond donors (Lipinski definition) is 1. The van der Waals surface area contributed by atoms with Gasteiger partial charge >= 0.3 is 0 Å². The highest BCUT2D eigenvalue weighted by atomic mass is 16.2. The van der Waals surface area contributed by atoms with Crippen LogP contribution in [0.4, 0.5) is 0 Å². The Kier molecular flexibility index (Phi) is 3.05. The van der Waals surface area contributed by atoms with Gasteiger partial charge in [0.2, 0.25) is 5.91 Å². The van der Waals surface area contributed by atoms with Gasteiger partial charge in [-0.15, -0.1) is 0 Å². The van der Waals surface area contributed by atoms with E-state index in [1.165, 1.54) is 0 Å². The predicted octanol–water partition coefficient (Wildman–Crippen LogP) is 2.27. The van der Waals surface area contributed by atoms with E-state index in [-0.39, 0.29) is 22.3 Å². The molecule has 0 unspecified atom stereocenters. The Labute approximate surface area is 111 Å². The van der Waals surface area contributed by atoms with Crippen LogP contribution in [-0.4, -0.2) is 36.5 Å². The molecular weight excluding hydrogens is 224 g/mol. The number of amides is 1. The third-order valence-electron chi connectivity index (χ3n) is 6.05. The van der Waals surface area contributed by atoms with Crippen LogP contribution in [0, 0.1) is 16.7 Å². The number of carbonyl (C=O) groups excluding carboxylic acids is 1. The second-order valence-electron chi connectivity index (χ2n) is 7.51. The summed E-state index contributed by atoms with van der Waals surface area (Å²) < 4.78 is 0. The molecule has 1 amide bonds. The molecule has 0 aromatic rings. The summed E-state index contributed by atoms with van der Waals surface area (Å²) in [6.45, 7) is 12.9. The van der Waals surface area contributed by atoms with Gasteiger partial charge in [-0.05, 0) is 37.6 Å². The Morgan fingerprint density at radius 1 is 1.06 bits per heavy atom. The van der Waals surface area contributed by atoms with Crippen molar-refractivity contribution in [2.24, 2.45) is 16.7 Å². The molecule has 2 fully saturated rings. The normalized spacial score (nSPS) is 29.1. The first kappa shape index (κ1) is 13.9. The lowest BCUT2D eigenvalue weighted by atomic mass is 9.89. The zero-order valence-electron chi connectivity index (χ0n) is 12.8. The lowest BCUT2D eigenvalue weighted by Crippen LogP contribution is -2.52. The molecule has 1 heterocycles. The van der Waals surface area contributed by atoms with Crippen LogP contribution in [0.2, 0.25) is 0 Å². The first-order valence-corrected chi connectivity index (χ1v) is 7.13. The fourth-order valence-electron chi connectivity index (χ4n) is 3.47. The summed E-state index contributed by atoms with van der Waals surface area (Å²) in [6.07, 6.45) is 2.12. The first-order valence-electron chi connectivity index (χ1n) is 7.13. The van der Waals surface area contributed by atoms with Crippen LogP contribution in [0.25, 0.3) is 0 Å². The molecule has 3 nitrogen and oxygen atoms in total. The molecule has 1 saturated carbocycles. The molecule has 0 aromatic heterocycles. The number of nitrogens with one attached hydrogen (secondary N) is 1. The Hall–Kier alpha value is -0.570. The van der Waals surface area contributed by atoms with Crippen molar-refractivity contribution in [2.75, 3.05) is 20.1 Å². The molecule has 1 N–H and O–H groups in total. The standard InChI is InChI=1S/C15H28N2O/c1-13(2)11(14(13,3)4)12(18)17-9-7-15(5,16-6)8-10-17/h11,16H,7-10H2,1-6H3. The summed E-state index contributed by atoms with van der Waals surface area (Å²) in [6, 6.07) is 0. The predicted molar refractivity (Wildman–Crippen MR) is 74.3 cm³/mol. The minimum atomic E-state index is 0.161. The maximum absolute atomic E-state index is 12.6. The molecule has 0 atom stereocenters. The maximum atomic E-state index is 12.6. The van der Waals surface area contributed by atoms with E-state index in [9.17, 15) is 4.79 Å². The number of piperidine rings is 1. The zero-order valence-corrected chi connectivity index (χ0v) is 12.8. The lowest BCUT2D eigenvalue weighted by molar-refractivity contribution is -0.135. The van der Waals surface area contributed by atoms with Crippen molar-refractivity contribution in [3.05, 3.63) is 0 Å². The summed E-state index contributed by atoms with van der Waals surface area (Å²) in [5.41, 5.74) is 0.535. The molecule has 2 aliphatic rings. The fourth-order valence-corrected chi connectivity index (χ4v) is 3.47. The van der Waals surface area contributed by atoms with Crippen molar-refractivity contribution in [3.8, 4) is 0 Å². The van der Waals surface area contributed by atoms with Crippen molar-refractivity contribution in [1.82, 2.24) is 10.2 Å². The topological polar surface area (TPSA) is 32.3 Å². The zero-order chi connectivity index (χ0) is 13.8. The molecule has 3 heteroatoms. The van der Waals surface area contributed by atoms with Gasteiger partial charge in [-0.1, -0.05) is 27.7 Å². The SMILES string of the molecule is CNC1(C)CCN(C(=O)C2C(C)(C)C2(C)C)CC1. The average Bonchev–Trinajstić information content (AvgIpc) is 2.70. The minimum Gasteiger partial charge on any atom is -0.342 e. The van der Waals surface area contributed by atoms with Crippen molar-refractivity contribution in [2.45, 2.75) is 53.0 Å². The third-order valence-corrected chi connectivity index (χ3v) is 6.05. The van der Waals surface area contributed by atoms with Crippen LogP contribution >= 0.6 is 0 Å². The summed E-state index contributed by atoms with van der Waals surface area (Å²) in [5, 5.41) is 3.38. The second kappa shape index (κ2) is 3.96. The van der Waals surface area contributed by atoms with E-state index in [4.69, 9.17) is 0 Å². The summed E-state index contributed by atoms with van der Waals surface area (Å²) in [7, 11) is 2.02. The molecule has 0 spiro atoms. The van der Waals surface area contributed by atoms with Crippen LogP contribution < -0.4 is 5.32 Å². The number of carbonyl (C=O) groups is 1. The van der Waals surface area contributed by atoms with Gasteiger partial charge in [0.15, 0.2) is 0 Å². The van der Waals surface area contributed by atoms with E-state index in [0.29, 0.717) is 5.91 Å². The van der Waals surface area contributed by atoms with E-state index in [1.54, 1.807) is 0 Å². The molecule has 1 saturated heterocycles. The maximum Gasteiger partial charge on any atom is 0.226 e. The van der Waals surface area contributed by atoms with Gasteiger partial charge in [-0.2, -0.15) is 0 Å². The summed E-state index contributed by atoms with van der Waals surface area (Å²) >= 11 is 0. The van der Waals surface area contributed by atoms with Gasteiger partial charge < -0.3 is 10.2 Å². The molecular formula is C15H28N2O. The molecule has 1 aliphatic heterocycles. The van der Waals surface area contributed by atoms with Crippen molar-refractivity contribution in [1.29, 1.82) is 0 Å². The largest absolute Gasteiger partial charge is 0.342 e. The van der Waals surface area contributed by atoms with Crippen molar-refractivity contribution >= 4 is 5.91 Å². The monoisotopic (exact) mass is 252 g/mol. The quantitative estimate of drug-likeness (QED) is 0.817. The highest BCUT2D eigenvalue weighted by Gasteiger charge is 2.68. The first-order chi connectivity index (χ1) is 8.16. The van der Waals surface area contributed by atoms with Crippen LogP contribution in [0.5, 0.6) is 0 Å². The van der Waals surface area contributed by atoms with Gasteiger partial charge in [0.25, 0.3) is 0 Å². The third kappa shape index (κ3) is 1.87. The number of rotatable bonds is 2. The highest BCUT2D eigenvalue weighted by molar-refractivity contribution is 5.84. The van der Waals surface area contributed by atoms with Crippen LogP contribution in [-0.2, 0) is 4.79 Å². The number of likely N-dealkylation sites (tertiary alicyclic amines) is 1. The average molecular weight is 252 g/mol. The molecule has 2 rings (SSSR count). The Balaban J connectivity index is 1.98. The van der Waals surface area contributed by atoms with Crippen LogP contribution in [0.3, 0.4) is 0 Å². The Bertz CT molecular complexity index is 338. The van der Waals surface area contributed by atoms with E-state index < -0.39 is 0 Å². The number of nitrogens with zero attached hydrogens (tertiary/aromatic N) is 1. The van der Waals surface area contributed by atoms with E-state index >= 15 is 0 Å². The summed E-state index contributed by atoms with van der Waals surface area (Å²) in [5.74, 6) is 0.590. The Morgan fingerprint density at radius 2 is 1.50 bits per heavy atom. The molecule has 0 aromatic carbocycles. The summed E-state index contributed by atoms with van der Waals surface area (Å²) in [4.78, 5) is 14.7. The van der Waals surface area contributed by atoms with Gasteiger partial charge in [0.05, 0.1) is 0 Å². The van der Waals surface area contributed by atoms with Crippen LogP contribution in [0.1, 0.15) is 47.5 Å². The molecule has 0 bridgehead atoms. The van der Waals surface area contributed by atoms with Gasteiger partial charge in [0.1, 0.15) is 0 Å². The van der Waals surface area contributed by atoms with Crippen molar-refractivity contribution in [3.63, 3.8) is 0 Å². The van der Waals surface area contributed by atoms with Gasteiger partial charge in [0, 0.05) is 24.5 Å². The smallest absolute Gasteiger partial charge is 0.226 e. The van der Waals surface area contributed by atoms with Gasteiger partial charge in [-0.25, -0.2) is 0 Å². The molecule has 1 aliphatic carbocycles. The molecule has 0 radical (unpaired) electrons. The van der Waals surface area contributed by atoms with E-state index in [1.807, 2.05) is 7.05 Å². The highest BCUT2D eigenvalue weighted by Crippen LogP contribution is 2.68. The minimum absolute atomic E-state index is 0.161. The Morgan fingerprint density at radius 3 is 1.83 bits per heavy atom. The lowest BCUT2D eigenvalue weighted by Gasteiger charge is -2.39. The second-order valence-corrected chi connectivity index (χ2v) is 7.51. The van der Waals surface area contributed by atoms with Crippen molar-refractivity contribution < 1.29 is 4.79 Å². The fraction of sp³-hybridized carbons (Fsp3) is 0.933. The van der Waals surface area contributed by atoms with Gasteiger partial charge in [-0.3, -0.25) is 4.79 Å². The molecule has 104 valence electrons. The van der Waals surface area contributed by atoms with Crippen LogP contribution in [0.15, 0.2) is 0 Å².